The molecule has 2 fully saturated rings. The number of piperidine rings is 1. The molecule has 0 bridgehead atoms. The Hall–Kier alpha value is -2.11. The average molecular weight is 529 g/mol. The van der Waals surface area contributed by atoms with E-state index in [2.05, 4.69) is 57.0 Å². The van der Waals surface area contributed by atoms with Crippen molar-refractivity contribution >= 4 is 65.3 Å². The van der Waals surface area contributed by atoms with Gasteiger partial charge in [-0.05, 0) is 74.0 Å². The summed E-state index contributed by atoms with van der Waals surface area (Å²) >= 11 is 13.1. The van der Waals surface area contributed by atoms with Crippen molar-refractivity contribution in [2.45, 2.75) is 31.7 Å². The fourth-order valence-corrected chi connectivity index (χ4v) is 6.70. The van der Waals surface area contributed by atoms with Crippen molar-refractivity contribution in [2.24, 2.45) is 11.1 Å². The number of nitrogens with one attached hydrogen (secondary N) is 2. The number of hydrogen-bond donors (Lipinski definition) is 3. The average Bonchev–Trinajstić information content (AvgIpc) is 2.81. The number of benzene rings is 2. The lowest BCUT2D eigenvalue weighted by atomic mass is 9.60. The van der Waals surface area contributed by atoms with Crippen LogP contribution in [0.15, 0.2) is 48.7 Å². The van der Waals surface area contributed by atoms with Crippen molar-refractivity contribution in [3.63, 3.8) is 0 Å². The van der Waals surface area contributed by atoms with Gasteiger partial charge in [0.25, 0.3) is 0 Å². The van der Waals surface area contributed by atoms with Gasteiger partial charge in [-0.25, -0.2) is 4.98 Å². The fourth-order valence-electron chi connectivity index (χ4n) is 5.26. The first-order valence-corrected chi connectivity index (χ1v) is 14.9. The molecule has 35 heavy (non-hydrogen) atoms. The Morgan fingerprint density at radius 2 is 1.77 bits per heavy atom. The van der Waals surface area contributed by atoms with Crippen molar-refractivity contribution in [1.82, 2.24) is 9.97 Å². The third kappa shape index (κ3) is 5.36. The number of anilines is 5. The minimum atomic E-state index is -0.276. The van der Waals surface area contributed by atoms with E-state index in [0.717, 1.165) is 35.2 Å². The molecule has 2 aromatic carbocycles. The SMILES string of the molecule is CP(C)c1ccccc1Nc1nc(Nc2ccc(N3CCC4(CC3)CC(N)C4)c(Cl)c2)ncc1Cl. The van der Waals surface area contributed by atoms with Crippen LogP contribution in [0, 0.1) is 5.41 Å². The van der Waals surface area contributed by atoms with Gasteiger partial charge in [0.05, 0.1) is 16.9 Å². The quantitative estimate of drug-likeness (QED) is 0.323. The van der Waals surface area contributed by atoms with E-state index in [9.17, 15) is 0 Å². The largest absolute Gasteiger partial charge is 0.370 e. The number of halogens is 2. The Balaban J connectivity index is 1.28. The molecule has 0 unspecified atom stereocenters. The van der Waals surface area contributed by atoms with Crippen LogP contribution in [0.3, 0.4) is 0 Å². The fraction of sp³-hybridized carbons (Fsp3) is 0.385. The van der Waals surface area contributed by atoms with E-state index in [1.165, 1.54) is 31.0 Å². The van der Waals surface area contributed by atoms with Gasteiger partial charge in [-0.1, -0.05) is 49.3 Å². The van der Waals surface area contributed by atoms with Gasteiger partial charge in [0.15, 0.2) is 5.82 Å². The van der Waals surface area contributed by atoms with E-state index in [0.29, 0.717) is 28.2 Å². The summed E-state index contributed by atoms with van der Waals surface area (Å²) in [6.45, 7) is 6.49. The summed E-state index contributed by atoms with van der Waals surface area (Å²) in [5, 5.41) is 9.10. The zero-order chi connectivity index (χ0) is 24.6. The van der Waals surface area contributed by atoms with E-state index in [-0.39, 0.29) is 7.92 Å². The first-order chi connectivity index (χ1) is 16.8. The second-order valence-corrected chi connectivity index (χ2v) is 13.0. The minimum absolute atomic E-state index is 0.276. The summed E-state index contributed by atoms with van der Waals surface area (Å²) < 4.78 is 0. The van der Waals surface area contributed by atoms with Crippen LogP contribution in [-0.4, -0.2) is 42.4 Å². The van der Waals surface area contributed by atoms with Crippen LogP contribution in [0.4, 0.5) is 28.8 Å². The van der Waals surface area contributed by atoms with Crippen molar-refractivity contribution in [3.05, 3.63) is 58.7 Å². The van der Waals surface area contributed by atoms with Crippen molar-refractivity contribution < 1.29 is 0 Å². The highest BCUT2D eigenvalue weighted by Crippen LogP contribution is 2.49. The van der Waals surface area contributed by atoms with Crippen LogP contribution in [0.1, 0.15) is 25.7 Å². The molecule has 1 aliphatic heterocycles. The first kappa shape index (κ1) is 24.6. The topological polar surface area (TPSA) is 79.1 Å². The summed E-state index contributed by atoms with van der Waals surface area (Å²) in [5.41, 5.74) is 9.43. The summed E-state index contributed by atoms with van der Waals surface area (Å²) in [6, 6.07) is 14.7. The van der Waals surface area contributed by atoms with Gasteiger partial charge < -0.3 is 21.3 Å². The van der Waals surface area contributed by atoms with Crippen LogP contribution < -0.4 is 26.6 Å². The van der Waals surface area contributed by atoms with Crippen molar-refractivity contribution in [1.29, 1.82) is 0 Å². The molecule has 1 aliphatic carbocycles. The Morgan fingerprint density at radius 1 is 1.03 bits per heavy atom. The summed E-state index contributed by atoms with van der Waals surface area (Å²) in [6.07, 6.45) is 6.31. The van der Waals surface area contributed by atoms with E-state index < -0.39 is 0 Å². The number of nitrogens with zero attached hydrogens (tertiary/aromatic N) is 3. The normalized spacial score (nSPS) is 17.5. The van der Waals surface area contributed by atoms with Gasteiger partial charge in [-0.15, -0.1) is 0 Å². The summed E-state index contributed by atoms with van der Waals surface area (Å²) in [4.78, 5) is 11.4. The molecular weight excluding hydrogens is 498 g/mol. The standard InChI is InChI=1S/C26H31Cl2N6P/c1-35(2)23-6-4-3-5-21(23)32-24-20(28)16-30-25(33-24)31-18-7-8-22(19(27)13-18)34-11-9-26(10-12-34)14-17(29)15-26/h3-8,13,16-17H,9-12,14-15,29H2,1-2H3,(H2,30,31,32,33). The molecule has 9 heteroatoms. The lowest BCUT2D eigenvalue weighted by Gasteiger charge is -2.51. The zero-order valence-electron chi connectivity index (χ0n) is 20.1. The minimum Gasteiger partial charge on any atom is -0.370 e. The molecule has 0 atom stereocenters. The Morgan fingerprint density at radius 3 is 2.46 bits per heavy atom. The monoisotopic (exact) mass is 528 g/mol. The lowest BCUT2D eigenvalue weighted by molar-refractivity contribution is 0.0713. The predicted octanol–water partition coefficient (Wildman–Crippen LogP) is 6.35. The van der Waals surface area contributed by atoms with Crippen LogP contribution in [0.5, 0.6) is 0 Å². The molecule has 2 aliphatic rings. The number of para-hydroxylation sites is 1. The molecule has 3 aromatic rings. The zero-order valence-corrected chi connectivity index (χ0v) is 22.5. The van der Waals surface area contributed by atoms with E-state index in [1.54, 1.807) is 6.20 Å². The maximum Gasteiger partial charge on any atom is 0.229 e. The van der Waals surface area contributed by atoms with Gasteiger partial charge in [-0.2, -0.15) is 4.98 Å². The van der Waals surface area contributed by atoms with Crippen LogP contribution >= 0.6 is 31.1 Å². The number of nitrogens with two attached hydrogens (primary N) is 1. The Bertz CT molecular complexity index is 1200. The molecule has 1 aromatic heterocycles. The molecule has 4 N–H and O–H groups in total. The molecule has 184 valence electrons. The van der Waals surface area contributed by atoms with Gasteiger partial charge in [0.1, 0.15) is 5.02 Å². The van der Waals surface area contributed by atoms with Crippen LogP contribution in [0.2, 0.25) is 10.0 Å². The third-order valence-electron chi connectivity index (χ3n) is 7.14. The number of hydrogen-bond acceptors (Lipinski definition) is 6. The molecule has 6 nitrogen and oxygen atoms in total. The number of rotatable bonds is 6. The Labute approximate surface area is 218 Å². The van der Waals surface area contributed by atoms with Gasteiger partial charge in [-0.3, -0.25) is 0 Å². The molecular formula is C26H31Cl2N6P. The smallest absolute Gasteiger partial charge is 0.229 e. The second-order valence-electron chi connectivity index (χ2n) is 9.87. The van der Waals surface area contributed by atoms with Crippen molar-refractivity contribution in [2.75, 3.05) is 42.0 Å². The first-order valence-electron chi connectivity index (χ1n) is 11.9. The second kappa shape index (κ2) is 10.1. The number of aromatic nitrogens is 2. The van der Waals surface area contributed by atoms with Gasteiger partial charge >= 0.3 is 0 Å². The van der Waals surface area contributed by atoms with E-state index in [4.69, 9.17) is 28.9 Å². The molecule has 1 saturated carbocycles. The van der Waals surface area contributed by atoms with Crippen molar-refractivity contribution in [3.8, 4) is 0 Å². The molecule has 2 heterocycles. The molecule has 0 radical (unpaired) electrons. The highest BCUT2D eigenvalue weighted by Gasteiger charge is 2.44. The molecule has 1 saturated heterocycles. The highest BCUT2D eigenvalue weighted by molar-refractivity contribution is 7.64. The predicted molar refractivity (Wildman–Crippen MR) is 151 cm³/mol. The van der Waals surface area contributed by atoms with Gasteiger partial charge in [0.2, 0.25) is 5.95 Å². The Kier molecular flexibility index (Phi) is 7.09. The van der Waals surface area contributed by atoms with E-state index >= 15 is 0 Å². The molecule has 5 rings (SSSR count). The maximum absolute atomic E-state index is 6.71. The molecule has 1 spiro atoms. The maximum atomic E-state index is 6.71. The third-order valence-corrected chi connectivity index (χ3v) is 9.07. The van der Waals surface area contributed by atoms with Crippen LogP contribution in [0.25, 0.3) is 0 Å². The van der Waals surface area contributed by atoms with Gasteiger partial charge in [0, 0.05) is 30.5 Å². The van der Waals surface area contributed by atoms with Crippen LogP contribution in [-0.2, 0) is 0 Å². The molecule has 0 amide bonds. The summed E-state index contributed by atoms with van der Waals surface area (Å²) in [7, 11) is -0.276. The summed E-state index contributed by atoms with van der Waals surface area (Å²) in [5.74, 6) is 1.02. The highest BCUT2D eigenvalue weighted by atomic mass is 35.5. The van der Waals surface area contributed by atoms with E-state index in [1.807, 2.05) is 24.3 Å². The lowest BCUT2D eigenvalue weighted by Crippen LogP contribution is -2.52.